The van der Waals surface area contributed by atoms with E-state index in [-0.39, 0.29) is 42.0 Å². The summed E-state index contributed by atoms with van der Waals surface area (Å²) in [6.07, 6.45) is -3.60. The van der Waals surface area contributed by atoms with Gasteiger partial charge in [-0.15, -0.1) is 0 Å². The average Bonchev–Trinajstić information content (AvgIpc) is 3.36. The Morgan fingerprint density at radius 3 is 2.40 bits per heavy atom. The summed E-state index contributed by atoms with van der Waals surface area (Å²) < 4.78 is 51.7. The fourth-order valence-electron chi connectivity index (χ4n) is 5.93. The number of fused-ring (bicyclic) bond motifs is 1. The van der Waals surface area contributed by atoms with E-state index in [2.05, 4.69) is 0 Å². The van der Waals surface area contributed by atoms with E-state index in [1.165, 1.54) is 55.1 Å². The number of nitro benzene ring substituents is 1. The lowest BCUT2D eigenvalue weighted by atomic mass is 9.75. The Kier molecular flexibility index (Phi) is 8.85. The number of alkyl halides is 3. The number of benzene rings is 3. The molecule has 0 unspecified atom stereocenters. The van der Waals surface area contributed by atoms with Gasteiger partial charge in [0.05, 0.1) is 41.7 Å². The summed E-state index contributed by atoms with van der Waals surface area (Å²) >= 11 is 0. The van der Waals surface area contributed by atoms with E-state index in [0.717, 1.165) is 23.8 Å². The molecule has 0 atom stereocenters. The number of rotatable bonds is 9. The van der Waals surface area contributed by atoms with Gasteiger partial charge in [-0.05, 0) is 59.4 Å². The third-order valence-electron chi connectivity index (χ3n) is 8.11. The zero-order valence-corrected chi connectivity index (χ0v) is 26.5. The Bertz CT molecular complexity index is 1880. The van der Waals surface area contributed by atoms with E-state index in [1.807, 2.05) is 19.9 Å². The first-order valence-corrected chi connectivity index (χ1v) is 14.7. The largest absolute Gasteiger partial charge is 0.493 e. The van der Waals surface area contributed by atoms with Crippen LogP contribution in [0, 0.1) is 15.5 Å². The summed E-state index contributed by atoms with van der Waals surface area (Å²) in [5, 5.41) is 17.1. The average molecular weight is 651 g/mol. The Morgan fingerprint density at radius 2 is 1.74 bits per heavy atom. The highest BCUT2D eigenvalue weighted by Gasteiger charge is 2.38. The van der Waals surface area contributed by atoms with Gasteiger partial charge in [-0.2, -0.15) is 18.3 Å². The molecule has 0 saturated heterocycles. The summed E-state index contributed by atoms with van der Waals surface area (Å²) in [5.41, 5.74) is 0.784. The first-order valence-electron chi connectivity index (χ1n) is 14.7. The SMILES string of the molecule is COc1ccc(Cc2nn(-c3ccc(C(=O)N(C)Cc4cccc(C(F)(F)F)c4)cc3[N+](=O)[O-])c3c2C(=O)CC(C)(C)C3)cc1OC. The molecule has 1 heterocycles. The van der Waals surface area contributed by atoms with Crippen LogP contribution in [0.2, 0.25) is 0 Å². The van der Waals surface area contributed by atoms with Crippen LogP contribution in [0.1, 0.15) is 69.1 Å². The Hall–Kier alpha value is -5.20. The maximum Gasteiger partial charge on any atom is 0.416 e. The van der Waals surface area contributed by atoms with Crippen molar-refractivity contribution >= 4 is 17.4 Å². The normalized spacial score (nSPS) is 14.0. The van der Waals surface area contributed by atoms with Gasteiger partial charge in [0.25, 0.3) is 11.6 Å². The van der Waals surface area contributed by atoms with Gasteiger partial charge in [0.2, 0.25) is 0 Å². The van der Waals surface area contributed by atoms with Crippen molar-refractivity contribution in [1.29, 1.82) is 0 Å². The van der Waals surface area contributed by atoms with Crippen LogP contribution in [0.3, 0.4) is 0 Å². The number of carbonyl (C=O) groups excluding carboxylic acids is 2. The molecule has 0 spiro atoms. The number of carbonyl (C=O) groups is 2. The number of amides is 1. The molecule has 0 radical (unpaired) electrons. The monoisotopic (exact) mass is 650 g/mol. The van der Waals surface area contributed by atoms with Gasteiger partial charge in [0, 0.05) is 38.1 Å². The van der Waals surface area contributed by atoms with Crippen LogP contribution >= 0.6 is 0 Å². The lowest BCUT2D eigenvalue weighted by molar-refractivity contribution is -0.384. The summed E-state index contributed by atoms with van der Waals surface area (Å²) in [5.74, 6) is 0.292. The molecule has 5 rings (SSSR count). The molecule has 1 aliphatic rings. The molecule has 3 aromatic carbocycles. The number of halogens is 3. The minimum Gasteiger partial charge on any atom is -0.493 e. The fourth-order valence-corrected chi connectivity index (χ4v) is 5.93. The number of Topliss-reactive ketones (excluding diaryl/α,β-unsaturated/α-hetero) is 1. The number of hydrogen-bond acceptors (Lipinski definition) is 7. The van der Waals surface area contributed by atoms with Crippen molar-refractivity contribution in [2.75, 3.05) is 21.3 Å². The topological polar surface area (TPSA) is 117 Å². The van der Waals surface area contributed by atoms with Crippen LogP contribution in [0.4, 0.5) is 18.9 Å². The number of ether oxygens (including phenoxy) is 2. The molecular formula is C34H33F3N4O6. The summed E-state index contributed by atoms with van der Waals surface area (Å²) in [6, 6.07) is 13.9. The van der Waals surface area contributed by atoms with Crippen LogP contribution in [-0.4, -0.2) is 52.6 Å². The zero-order chi connectivity index (χ0) is 34.3. The third-order valence-corrected chi connectivity index (χ3v) is 8.11. The second kappa shape index (κ2) is 12.5. The predicted molar refractivity (Wildman–Crippen MR) is 166 cm³/mol. The van der Waals surface area contributed by atoms with E-state index < -0.39 is 33.7 Å². The number of nitro groups is 1. The first-order chi connectivity index (χ1) is 22.1. The second-order valence-corrected chi connectivity index (χ2v) is 12.3. The van der Waals surface area contributed by atoms with Gasteiger partial charge in [0.15, 0.2) is 17.3 Å². The van der Waals surface area contributed by atoms with Crippen molar-refractivity contribution in [2.45, 2.75) is 45.8 Å². The molecule has 13 heteroatoms. The van der Waals surface area contributed by atoms with Gasteiger partial charge in [-0.1, -0.05) is 32.0 Å². The van der Waals surface area contributed by atoms with Crippen LogP contribution < -0.4 is 9.47 Å². The van der Waals surface area contributed by atoms with Crippen molar-refractivity contribution in [3.63, 3.8) is 0 Å². The van der Waals surface area contributed by atoms with Crippen molar-refractivity contribution < 1.29 is 37.2 Å². The van der Waals surface area contributed by atoms with Crippen LogP contribution in [0.15, 0.2) is 60.7 Å². The van der Waals surface area contributed by atoms with E-state index in [9.17, 15) is 32.9 Å². The molecule has 0 bridgehead atoms. The first kappa shape index (κ1) is 33.2. The summed E-state index contributed by atoms with van der Waals surface area (Å²) in [6.45, 7) is 3.73. The lowest BCUT2D eigenvalue weighted by Gasteiger charge is -2.29. The summed E-state index contributed by atoms with van der Waals surface area (Å²) in [7, 11) is 4.44. The van der Waals surface area contributed by atoms with Crippen molar-refractivity contribution in [2.24, 2.45) is 5.41 Å². The number of methoxy groups -OCH3 is 2. The maximum atomic E-state index is 13.5. The Morgan fingerprint density at radius 1 is 1.02 bits per heavy atom. The molecule has 0 aliphatic heterocycles. The minimum absolute atomic E-state index is 0.0297. The third kappa shape index (κ3) is 6.83. The molecule has 47 heavy (non-hydrogen) atoms. The zero-order valence-electron chi connectivity index (χ0n) is 26.5. The van der Waals surface area contributed by atoms with Gasteiger partial charge < -0.3 is 14.4 Å². The van der Waals surface area contributed by atoms with Gasteiger partial charge in [-0.3, -0.25) is 19.7 Å². The molecule has 0 N–H and O–H groups in total. The Balaban J connectivity index is 1.53. The fraction of sp³-hybridized carbons (Fsp3) is 0.324. The van der Waals surface area contributed by atoms with Crippen LogP contribution in [-0.2, 0) is 25.6 Å². The number of ketones is 1. The smallest absolute Gasteiger partial charge is 0.416 e. The van der Waals surface area contributed by atoms with Crippen molar-refractivity contribution in [3.8, 4) is 17.2 Å². The lowest BCUT2D eigenvalue weighted by Crippen LogP contribution is -2.28. The standard InChI is InChI=1S/C34H33F3N4O6/c1-33(2)17-27-31(28(42)18-33)24(14-20-9-12-29(46-4)30(15-20)47-5)38-40(27)25-11-10-22(16-26(25)41(44)45)32(43)39(3)19-21-7-6-8-23(13-21)34(35,36)37/h6-13,15-16H,14,17-19H2,1-5H3. The van der Waals surface area contributed by atoms with Crippen LogP contribution in [0.25, 0.3) is 5.69 Å². The molecule has 1 aromatic heterocycles. The minimum atomic E-state index is -4.54. The number of hydrogen-bond donors (Lipinski definition) is 0. The predicted octanol–water partition coefficient (Wildman–Crippen LogP) is 6.83. The van der Waals surface area contributed by atoms with Gasteiger partial charge >= 0.3 is 6.18 Å². The number of aromatic nitrogens is 2. The van der Waals surface area contributed by atoms with E-state index >= 15 is 0 Å². The van der Waals surface area contributed by atoms with E-state index in [0.29, 0.717) is 34.9 Å². The molecular weight excluding hydrogens is 617 g/mol. The van der Waals surface area contributed by atoms with Crippen LogP contribution in [0.5, 0.6) is 11.5 Å². The number of nitrogens with zero attached hydrogens (tertiary/aromatic N) is 4. The Labute approximate surface area is 268 Å². The quantitative estimate of drug-likeness (QED) is 0.144. The molecule has 10 nitrogen and oxygen atoms in total. The maximum absolute atomic E-state index is 13.5. The molecule has 4 aromatic rings. The van der Waals surface area contributed by atoms with E-state index in [1.54, 1.807) is 12.1 Å². The molecule has 1 aliphatic carbocycles. The van der Waals surface area contributed by atoms with Crippen molar-refractivity contribution in [3.05, 3.63) is 110 Å². The molecule has 246 valence electrons. The molecule has 1 amide bonds. The van der Waals surface area contributed by atoms with Crippen molar-refractivity contribution in [1.82, 2.24) is 14.7 Å². The highest BCUT2D eigenvalue weighted by Crippen LogP contribution is 2.40. The van der Waals surface area contributed by atoms with Gasteiger partial charge in [0.1, 0.15) is 5.69 Å². The molecule has 0 saturated carbocycles. The van der Waals surface area contributed by atoms with E-state index in [4.69, 9.17) is 14.6 Å². The summed E-state index contributed by atoms with van der Waals surface area (Å²) in [4.78, 5) is 39.8. The highest BCUT2D eigenvalue weighted by molar-refractivity contribution is 6.00. The van der Waals surface area contributed by atoms with Gasteiger partial charge in [-0.25, -0.2) is 4.68 Å². The highest BCUT2D eigenvalue weighted by atomic mass is 19.4. The second-order valence-electron chi connectivity index (χ2n) is 12.3. The molecule has 0 fully saturated rings.